The van der Waals surface area contributed by atoms with E-state index in [2.05, 4.69) is 19.2 Å². The molecule has 0 aliphatic rings. The third-order valence-electron chi connectivity index (χ3n) is 2.02. The molecule has 0 aliphatic carbocycles. The molecule has 3 heteroatoms. The minimum Gasteiger partial charge on any atom is -0.394 e. The SMILES string of the molecule is CCC(C)NC(C)(CO)COC. The normalized spacial score (nSPS) is 18.8. The lowest BCUT2D eigenvalue weighted by molar-refractivity contribution is 0.0664. The van der Waals surface area contributed by atoms with Crippen molar-refractivity contribution in [3.8, 4) is 0 Å². The van der Waals surface area contributed by atoms with Crippen LogP contribution in [0.4, 0.5) is 0 Å². The minimum atomic E-state index is -0.301. The second-order valence-corrected chi connectivity index (χ2v) is 3.61. The van der Waals surface area contributed by atoms with Crippen LogP contribution in [0.15, 0.2) is 0 Å². The van der Waals surface area contributed by atoms with Gasteiger partial charge >= 0.3 is 0 Å². The monoisotopic (exact) mass is 175 g/mol. The van der Waals surface area contributed by atoms with Gasteiger partial charge in [-0.25, -0.2) is 0 Å². The van der Waals surface area contributed by atoms with E-state index >= 15 is 0 Å². The molecule has 0 aliphatic heterocycles. The quantitative estimate of drug-likeness (QED) is 0.626. The van der Waals surface area contributed by atoms with Crippen molar-refractivity contribution in [1.82, 2.24) is 5.32 Å². The van der Waals surface area contributed by atoms with E-state index in [1.807, 2.05) is 6.92 Å². The molecular formula is C9H21NO2. The summed E-state index contributed by atoms with van der Waals surface area (Å²) in [5.74, 6) is 0. The molecule has 12 heavy (non-hydrogen) atoms. The van der Waals surface area contributed by atoms with Gasteiger partial charge < -0.3 is 15.2 Å². The first-order valence-electron chi connectivity index (χ1n) is 4.45. The van der Waals surface area contributed by atoms with Crippen LogP contribution in [0, 0.1) is 0 Å². The Morgan fingerprint density at radius 2 is 2.17 bits per heavy atom. The van der Waals surface area contributed by atoms with Gasteiger partial charge in [-0.2, -0.15) is 0 Å². The zero-order valence-corrected chi connectivity index (χ0v) is 8.55. The Morgan fingerprint density at radius 3 is 2.50 bits per heavy atom. The van der Waals surface area contributed by atoms with Crippen LogP contribution in [0.2, 0.25) is 0 Å². The molecule has 2 N–H and O–H groups in total. The number of aliphatic hydroxyl groups is 1. The Balaban J connectivity index is 3.94. The van der Waals surface area contributed by atoms with Crippen molar-refractivity contribution in [2.24, 2.45) is 0 Å². The zero-order valence-electron chi connectivity index (χ0n) is 8.55. The third kappa shape index (κ3) is 4.04. The molecule has 0 aromatic carbocycles. The van der Waals surface area contributed by atoms with Gasteiger partial charge in [0.25, 0.3) is 0 Å². The number of nitrogens with one attached hydrogen (secondary N) is 1. The Labute approximate surface area is 75.1 Å². The molecule has 0 saturated carbocycles. The van der Waals surface area contributed by atoms with Crippen molar-refractivity contribution in [3.63, 3.8) is 0 Å². The second kappa shape index (κ2) is 5.51. The number of ether oxygens (including phenoxy) is 1. The first kappa shape index (κ1) is 11.9. The van der Waals surface area contributed by atoms with Crippen LogP contribution in [0.5, 0.6) is 0 Å². The smallest absolute Gasteiger partial charge is 0.0664 e. The molecule has 0 saturated heterocycles. The largest absolute Gasteiger partial charge is 0.394 e. The standard InChI is InChI=1S/C9H21NO2/c1-5-8(2)10-9(3,6-11)7-12-4/h8,10-11H,5-7H2,1-4H3. The Hall–Kier alpha value is -0.120. The lowest BCUT2D eigenvalue weighted by atomic mass is 10.0. The topological polar surface area (TPSA) is 41.5 Å². The van der Waals surface area contributed by atoms with E-state index in [1.54, 1.807) is 7.11 Å². The fourth-order valence-electron chi connectivity index (χ4n) is 1.15. The van der Waals surface area contributed by atoms with E-state index in [4.69, 9.17) is 9.84 Å². The summed E-state index contributed by atoms with van der Waals surface area (Å²) in [6.45, 7) is 6.81. The summed E-state index contributed by atoms with van der Waals surface area (Å²) in [6.07, 6.45) is 1.05. The number of hydrogen-bond acceptors (Lipinski definition) is 3. The lowest BCUT2D eigenvalue weighted by Crippen LogP contribution is -2.52. The van der Waals surface area contributed by atoms with Crippen LogP contribution in [-0.2, 0) is 4.74 Å². The van der Waals surface area contributed by atoms with Gasteiger partial charge in [0.2, 0.25) is 0 Å². The van der Waals surface area contributed by atoms with Crippen LogP contribution in [0.3, 0.4) is 0 Å². The van der Waals surface area contributed by atoms with Gasteiger partial charge in [-0.05, 0) is 20.3 Å². The molecule has 0 aromatic heterocycles. The van der Waals surface area contributed by atoms with Crippen molar-refractivity contribution in [2.75, 3.05) is 20.3 Å². The van der Waals surface area contributed by atoms with E-state index in [1.165, 1.54) is 0 Å². The highest BCUT2D eigenvalue weighted by atomic mass is 16.5. The second-order valence-electron chi connectivity index (χ2n) is 3.61. The summed E-state index contributed by atoms with van der Waals surface area (Å²) in [7, 11) is 1.65. The van der Waals surface area contributed by atoms with Gasteiger partial charge in [-0.1, -0.05) is 6.92 Å². The lowest BCUT2D eigenvalue weighted by Gasteiger charge is -2.31. The molecule has 3 nitrogen and oxygen atoms in total. The number of aliphatic hydroxyl groups excluding tert-OH is 1. The average Bonchev–Trinajstić information content (AvgIpc) is 2.05. The Morgan fingerprint density at radius 1 is 1.58 bits per heavy atom. The molecule has 74 valence electrons. The summed E-state index contributed by atoms with van der Waals surface area (Å²) < 4.78 is 5.02. The maximum absolute atomic E-state index is 9.12. The Kier molecular flexibility index (Phi) is 5.46. The highest BCUT2D eigenvalue weighted by Crippen LogP contribution is 2.05. The maximum Gasteiger partial charge on any atom is 0.0664 e. The van der Waals surface area contributed by atoms with E-state index < -0.39 is 0 Å². The average molecular weight is 175 g/mol. The predicted molar refractivity (Wildman–Crippen MR) is 50.3 cm³/mol. The van der Waals surface area contributed by atoms with Crippen LogP contribution in [-0.4, -0.2) is 37.0 Å². The number of rotatable bonds is 6. The summed E-state index contributed by atoms with van der Waals surface area (Å²) in [5.41, 5.74) is -0.301. The first-order valence-corrected chi connectivity index (χ1v) is 4.45. The van der Waals surface area contributed by atoms with Gasteiger partial charge in [-0.15, -0.1) is 0 Å². The molecule has 0 spiro atoms. The summed E-state index contributed by atoms with van der Waals surface area (Å²) in [4.78, 5) is 0. The van der Waals surface area contributed by atoms with Gasteiger partial charge in [0, 0.05) is 13.2 Å². The fourth-order valence-corrected chi connectivity index (χ4v) is 1.15. The van der Waals surface area contributed by atoms with Gasteiger partial charge in [0.05, 0.1) is 18.8 Å². The molecule has 0 radical (unpaired) electrons. The van der Waals surface area contributed by atoms with E-state index in [0.29, 0.717) is 12.6 Å². The fraction of sp³-hybridized carbons (Fsp3) is 1.00. The van der Waals surface area contributed by atoms with E-state index in [9.17, 15) is 0 Å². The van der Waals surface area contributed by atoms with Crippen LogP contribution < -0.4 is 5.32 Å². The van der Waals surface area contributed by atoms with Crippen LogP contribution in [0.1, 0.15) is 27.2 Å². The molecule has 0 amide bonds. The minimum absolute atomic E-state index is 0.102. The molecule has 2 unspecified atom stereocenters. The van der Waals surface area contributed by atoms with Crippen molar-refractivity contribution >= 4 is 0 Å². The summed E-state index contributed by atoms with van der Waals surface area (Å²) >= 11 is 0. The molecular weight excluding hydrogens is 154 g/mol. The zero-order chi connectivity index (χ0) is 9.61. The van der Waals surface area contributed by atoms with Crippen molar-refractivity contribution in [1.29, 1.82) is 0 Å². The maximum atomic E-state index is 9.12. The molecule has 0 rings (SSSR count). The van der Waals surface area contributed by atoms with Crippen LogP contribution in [0.25, 0.3) is 0 Å². The molecule has 0 bridgehead atoms. The van der Waals surface area contributed by atoms with Crippen molar-refractivity contribution in [3.05, 3.63) is 0 Å². The highest BCUT2D eigenvalue weighted by molar-refractivity contribution is 4.84. The number of hydrogen-bond donors (Lipinski definition) is 2. The van der Waals surface area contributed by atoms with Gasteiger partial charge in [0.15, 0.2) is 0 Å². The first-order chi connectivity index (χ1) is 5.58. The van der Waals surface area contributed by atoms with Gasteiger partial charge in [0.1, 0.15) is 0 Å². The summed E-state index contributed by atoms with van der Waals surface area (Å²) in [5, 5.41) is 12.4. The van der Waals surface area contributed by atoms with Crippen molar-refractivity contribution < 1.29 is 9.84 Å². The summed E-state index contributed by atoms with van der Waals surface area (Å²) in [6, 6.07) is 0.414. The van der Waals surface area contributed by atoms with Crippen molar-refractivity contribution in [2.45, 2.75) is 38.8 Å². The van der Waals surface area contributed by atoms with E-state index in [-0.39, 0.29) is 12.1 Å². The molecule has 0 aromatic rings. The third-order valence-corrected chi connectivity index (χ3v) is 2.02. The molecule has 0 fully saturated rings. The van der Waals surface area contributed by atoms with Gasteiger partial charge in [-0.3, -0.25) is 0 Å². The number of methoxy groups -OCH3 is 1. The Bertz CT molecular complexity index is 119. The molecule has 0 heterocycles. The van der Waals surface area contributed by atoms with Crippen LogP contribution >= 0.6 is 0 Å². The molecule has 2 atom stereocenters. The highest BCUT2D eigenvalue weighted by Gasteiger charge is 2.24. The predicted octanol–water partition coefficient (Wildman–Crippen LogP) is 0.772. The van der Waals surface area contributed by atoms with E-state index in [0.717, 1.165) is 6.42 Å².